The van der Waals surface area contributed by atoms with Gasteiger partial charge in [0.05, 0.1) is 18.3 Å². The third-order valence-electron chi connectivity index (χ3n) is 3.04. The van der Waals surface area contributed by atoms with Gasteiger partial charge in [-0.3, -0.25) is 4.68 Å². The zero-order chi connectivity index (χ0) is 13.0. The summed E-state index contributed by atoms with van der Waals surface area (Å²) in [6.45, 7) is 2.79. The summed E-state index contributed by atoms with van der Waals surface area (Å²) in [5.74, 6) is 0. The second-order valence-electron chi connectivity index (χ2n) is 4.44. The van der Waals surface area contributed by atoms with Crippen molar-refractivity contribution in [3.05, 3.63) is 53.3 Å². The normalized spacial score (nSPS) is 12.6. The first-order valence-corrected chi connectivity index (χ1v) is 6.09. The molecule has 2 aromatic rings. The molecule has 0 spiro atoms. The van der Waals surface area contributed by atoms with Gasteiger partial charge >= 0.3 is 0 Å². The maximum absolute atomic E-state index is 9.45. The highest BCUT2D eigenvalue weighted by Crippen LogP contribution is 2.13. The Bertz CT molecular complexity index is 493. The van der Waals surface area contributed by atoms with Crippen LogP contribution in [0.3, 0.4) is 0 Å². The Labute approximate surface area is 107 Å². The van der Waals surface area contributed by atoms with Gasteiger partial charge in [-0.2, -0.15) is 5.10 Å². The van der Waals surface area contributed by atoms with E-state index >= 15 is 0 Å². The number of rotatable bonds is 5. The zero-order valence-corrected chi connectivity index (χ0v) is 10.8. The van der Waals surface area contributed by atoms with Crippen LogP contribution >= 0.6 is 0 Å². The van der Waals surface area contributed by atoms with Crippen LogP contribution < -0.4 is 5.32 Å². The minimum absolute atomic E-state index is 0.0363. The fourth-order valence-corrected chi connectivity index (χ4v) is 2.03. The van der Waals surface area contributed by atoms with Crippen LogP contribution in [0.2, 0.25) is 0 Å². The van der Waals surface area contributed by atoms with Gasteiger partial charge in [0.25, 0.3) is 0 Å². The number of hydrogen-bond donors (Lipinski definition) is 2. The predicted molar refractivity (Wildman–Crippen MR) is 71.1 cm³/mol. The molecule has 2 rings (SSSR count). The van der Waals surface area contributed by atoms with Gasteiger partial charge < -0.3 is 10.4 Å². The smallest absolute Gasteiger partial charge is 0.0638 e. The van der Waals surface area contributed by atoms with Crippen molar-refractivity contribution < 1.29 is 5.11 Å². The van der Waals surface area contributed by atoms with Gasteiger partial charge in [0.15, 0.2) is 0 Å². The highest BCUT2D eigenvalue weighted by atomic mass is 16.3. The molecule has 0 aliphatic heterocycles. The lowest BCUT2D eigenvalue weighted by atomic mass is 10.1. The monoisotopic (exact) mass is 245 g/mol. The molecule has 18 heavy (non-hydrogen) atoms. The number of aromatic nitrogens is 2. The summed E-state index contributed by atoms with van der Waals surface area (Å²) >= 11 is 0. The molecule has 0 radical (unpaired) electrons. The Morgan fingerprint density at radius 1 is 1.33 bits per heavy atom. The van der Waals surface area contributed by atoms with Gasteiger partial charge in [0.2, 0.25) is 0 Å². The SMILES string of the molecule is Cc1nn(C)cc1CN[C@H](CO)c1ccccc1. The quantitative estimate of drug-likeness (QED) is 0.840. The van der Waals surface area contributed by atoms with Crippen molar-refractivity contribution in [2.75, 3.05) is 6.61 Å². The van der Waals surface area contributed by atoms with Crippen LogP contribution in [0.25, 0.3) is 0 Å². The standard InChI is InChI=1S/C14H19N3O/c1-11-13(9-17(2)16-11)8-15-14(10-18)12-6-4-3-5-7-12/h3-7,9,14-15,18H,8,10H2,1-2H3/t14-/m1/s1. The van der Waals surface area contributed by atoms with Crippen LogP contribution in [0.15, 0.2) is 36.5 Å². The topological polar surface area (TPSA) is 50.1 Å². The van der Waals surface area contributed by atoms with Crippen LogP contribution in [0.1, 0.15) is 22.9 Å². The average Bonchev–Trinajstić information content (AvgIpc) is 2.70. The fourth-order valence-electron chi connectivity index (χ4n) is 2.03. The predicted octanol–water partition coefficient (Wildman–Crippen LogP) is 1.55. The number of nitrogens with one attached hydrogen (secondary N) is 1. The van der Waals surface area contributed by atoms with E-state index < -0.39 is 0 Å². The molecule has 0 fully saturated rings. The molecule has 1 aromatic carbocycles. The minimum atomic E-state index is -0.0363. The molecule has 0 aliphatic rings. The molecule has 96 valence electrons. The van der Waals surface area contributed by atoms with Crippen molar-refractivity contribution in [1.82, 2.24) is 15.1 Å². The van der Waals surface area contributed by atoms with Gasteiger partial charge in [0, 0.05) is 25.4 Å². The molecule has 0 aliphatic carbocycles. The van der Waals surface area contributed by atoms with Crippen LogP contribution in [0, 0.1) is 6.92 Å². The summed E-state index contributed by atoms with van der Waals surface area (Å²) in [6, 6.07) is 9.94. The Morgan fingerprint density at radius 2 is 2.06 bits per heavy atom. The molecular formula is C14H19N3O. The summed E-state index contributed by atoms with van der Waals surface area (Å²) in [6.07, 6.45) is 2.00. The largest absolute Gasteiger partial charge is 0.394 e. The van der Waals surface area contributed by atoms with Gasteiger partial charge in [-0.1, -0.05) is 30.3 Å². The number of benzene rings is 1. The summed E-state index contributed by atoms with van der Waals surface area (Å²) in [5.41, 5.74) is 3.28. The summed E-state index contributed by atoms with van der Waals surface area (Å²) in [4.78, 5) is 0. The highest BCUT2D eigenvalue weighted by molar-refractivity contribution is 5.20. The third kappa shape index (κ3) is 2.97. The van der Waals surface area contributed by atoms with E-state index in [9.17, 15) is 5.11 Å². The van der Waals surface area contributed by atoms with E-state index in [1.807, 2.05) is 55.2 Å². The van der Waals surface area contributed by atoms with E-state index in [2.05, 4.69) is 10.4 Å². The Balaban J connectivity index is 2.02. The number of aliphatic hydroxyl groups excluding tert-OH is 1. The maximum Gasteiger partial charge on any atom is 0.0638 e. The zero-order valence-electron chi connectivity index (χ0n) is 10.8. The highest BCUT2D eigenvalue weighted by Gasteiger charge is 2.10. The van der Waals surface area contributed by atoms with Gasteiger partial charge in [-0.25, -0.2) is 0 Å². The van der Waals surface area contributed by atoms with E-state index in [1.54, 1.807) is 0 Å². The van der Waals surface area contributed by atoms with Crippen molar-refractivity contribution in [2.24, 2.45) is 7.05 Å². The molecule has 2 N–H and O–H groups in total. The molecule has 1 aromatic heterocycles. The van der Waals surface area contributed by atoms with E-state index in [4.69, 9.17) is 0 Å². The van der Waals surface area contributed by atoms with Gasteiger partial charge in [0.1, 0.15) is 0 Å². The van der Waals surface area contributed by atoms with Gasteiger partial charge in [-0.15, -0.1) is 0 Å². The Morgan fingerprint density at radius 3 is 2.61 bits per heavy atom. The first kappa shape index (κ1) is 12.8. The lowest BCUT2D eigenvalue weighted by Gasteiger charge is -2.16. The lowest BCUT2D eigenvalue weighted by Crippen LogP contribution is -2.24. The lowest BCUT2D eigenvalue weighted by molar-refractivity contribution is 0.243. The van der Waals surface area contributed by atoms with Crippen LogP contribution in [0.5, 0.6) is 0 Å². The second kappa shape index (κ2) is 5.80. The van der Waals surface area contributed by atoms with E-state index in [-0.39, 0.29) is 12.6 Å². The van der Waals surface area contributed by atoms with Gasteiger partial charge in [-0.05, 0) is 12.5 Å². The number of hydrogen-bond acceptors (Lipinski definition) is 3. The number of aryl methyl sites for hydroxylation is 2. The molecule has 1 atom stereocenters. The maximum atomic E-state index is 9.45. The van der Waals surface area contributed by atoms with Crippen LogP contribution in [0.4, 0.5) is 0 Å². The molecule has 0 bridgehead atoms. The van der Waals surface area contributed by atoms with Crippen molar-refractivity contribution in [3.8, 4) is 0 Å². The van der Waals surface area contributed by atoms with E-state index in [0.717, 1.165) is 16.8 Å². The van der Waals surface area contributed by atoms with Crippen LogP contribution in [-0.2, 0) is 13.6 Å². The number of aliphatic hydroxyl groups is 1. The second-order valence-corrected chi connectivity index (χ2v) is 4.44. The summed E-state index contributed by atoms with van der Waals surface area (Å²) < 4.78 is 1.81. The first-order valence-electron chi connectivity index (χ1n) is 6.09. The van der Waals surface area contributed by atoms with Crippen molar-refractivity contribution >= 4 is 0 Å². The van der Waals surface area contributed by atoms with Crippen molar-refractivity contribution in [1.29, 1.82) is 0 Å². The molecule has 1 heterocycles. The average molecular weight is 245 g/mol. The molecule has 0 unspecified atom stereocenters. The van der Waals surface area contributed by atoms with Crippen LogP contribution in [-0.4, -0.2) is 21.5 Å². The van der Waals surface area contributed by atoms with E-state index in [1.165, 1.54) is 0 Å². The molecule has 4 nitrogen and oxygen atoms in total. The fraction of sp³-hybridized carbons (Fsp3) is 0.357. The molecule has 0 amide bonds. The first-order chi connectivity index (χ1) is 8.70. The summed E-state index contributed by atoms with van der Waals surface area (Å²) in [7, 11) is 1.91. The Hall–Kier alpha value is -1.65. The molecular weight excluding hydrogens is 226 g/mol. The number of nitrogens with zero attached hydrogens (tertiary/aromatic N) is 2. The Kier molecular flexibility index (Phi) is 4.12. The van der Waals surface area contributed by atoms with Crippen molar-refractivity contribution in [3.63, 3.8) is 0 Å². The third-order valence-corrected chi connectivity index (χ3v) is 3.04. The molecule has 4 heteroatoms. The molecule has 0 saturated heterocycles. The molecule has 0 saturated carbocycles. The summed E-state index contributed by atoms with van der Waals surface area (Å²) in [5, 5.41) is 17.1. The van der Waals surface area contributed by atoms with Crippen molar-refractivity contribution in [2.45, 2.75) is 19.5 Å². The minimum Gasteiger partial charge on any atom is -0.394 e. The van der Waals surface area contributed by atoms with E-state index in [0.29, 0.717) is 6.54 Å².